The molecule has 2 aromatic carbocycles. The van der Waals surface area contributed by atoms with E-state index >= 15 is 0 Å². The van der Waals surface area contributed by atoms with E-state index in [9.17, 15) is 13.2 Å². The first-order valence-electron chi connectivity index (χ1n) is 9.28. The minimum Gasteiger partial charge on any atom is -0.491 e. The highest BCUT2D eigenvalue weighted by molar-refractivity contribution is 7.89. The average molecular weight is 418 g/mol. The zero-order chi connectivity index (χ0) is 20.4. The van der Waals surface area contributed by atoms with Crippen LogP contribution in [0.5, 0.6) is 11.5 Å². The first kappa shape index (κ1) is 19.7. The van der Waals surface area contributed by atoms with Gasteiger partial charge in [-0.25, -0.2) is 8.42 Å². The van der Waals surface area contributed by atoms with E-state index in [2.05, 4.69) is 0 Å². The molecule has 2 heterocycles. The molecule has 4 rings (SSSR count). The number of nitrogens with zero attached hydrogens (tertiary/aromatic N) is 2. The monoisotopic (exact) mass is 418 g/mol. The van der Waals surface area contributed by atoms with E-state index in [0.717, 1.165) is 0 Å². The number of hydrogen-bond acceptors (Lipinski definition) is 6. The van der Waals surface area contributed by atoms with Crippen LogP contribution in [0.15, 0.2) is 53.4 Å². The van der Waals surface area contributed by atoms with E-state index < -0.39 is 10.0 Å². The summed E-state index contributed by atoms with van der Waals surface area (Å²) < 4.78 is 44.5. The predicted molar refractivity (Wildman–Crippen MR) is 106 cm³/mol. The number of morpholine rings is 1. The Labute approximate surface area is 169 Å². The Hall–Kier alpha value is -2.62. The third kappa shape index (κ3) is 4.07. The third-order valence-corrected chi connectivity index (χ3v) is 6.80. The molecule has 154 valence electrons. The molecule has 1 fully saturated rings. The van der Waals surface area contributed by atoms with Crippen molar-refractivity contribution in [3.8, 4) is 11.5 Å². The van der Waals surface area contributed by atoms with Gasteiger partial charge in [0.05, 0.1) is 17.2 Å². The van der Waals surface area contributed by atoms with Crippen LogP contribution in [-0.4, -0.2) is 64.7 Å². The minimum absolute atomic E-state index is 0.0534. The molecule has 1 amide bonds. The van der Waals surface area contributed by atoms with Gasteiger partial charge >= 0.3 is 0 Å². The van der Waals surface area contributed by atoms with E-state index in [1.165, 1.54) is 21.3 Å². The highest BCUT2D eigenvalue weighted by atomic mass is 32.2. The van der Waals surface area contributed by atoms with Gasteiger partial charge in [0.15, 0.2) is 6.61 Å². The van der Waals surface area contributed by atoms with Gasteiger partial charge in [0, 0.05) is 20.1 Å². The molecule has 8 nitrogen and oxygen atoms in total. The Bertz CT molecular complexity index is 995. The molecule has 0 N–H and O–H groups in total. The Balaban J connectivity index is 1.49. The summed E-state index contributed by atoms with van der Waals surface area (Å²) in [6.07, 6.45) is -0.371. The maximum atomic E-state index is 13.2. The van der Waals surface area contributed by atoms with Crippen LogP contribution in [0.1, 0.15) is 0 Å². The molecule has 0 aliphatic carbocycles. The van der Waals surface area contributed by atoms with E-state index in [-0.39, 0.29) is 49.8 Å². The molecule has 0 saturated carbocycles. The topological polar surface area (TPSA) is 85.4 Å². The fourth-order valence-electron chi connectivity index (χ4n) is 3.28. The van der Waals surface area contributed by atoms with Crippen LogP contribution in [0, 0.1) is 0 Å². The predicted octanol–water partition coefficient (Wildman–Crippen LogP) is 1.51. The number of anilines is 1. The van der Waals surface area contributed by atoms with Gasteiger partial charge in [-0.3, -0.25) is 4.79 Å². The third-order valence-electron chi connectivity index (χ3n) is 4.94. The molecule has 9 heteroatoms. The smallest absolute Gasteiger partial charge is 0.264 e. The second kappa shape index (κ2) is 8.02. The van der Waals surface area contributed by atoms with Crippen LogP contribution in [0.4, 0.5) is 5.69 Å². The largest absolute Gasteiger partial charge is 0.491 e. The summed E-state index contributed by atoms with van der Waals surface area (Å²) in [5, 5.41) is 0. The summed E-state index contributed by atoms with van der Waals surface area (Å²) in [7, 11) is -2.15. The summed E-state index contributed by atoms with van der Waals surface area (Å²) in [4.78, 5) is 13.4. The molecule has 1 atom stereocenters. The molecule has 2 aromatic rings. The van der Waals surface area contributed by atoms with Crippen molar-refractivity contribution in [1.29, 1.82) is 0 Å². The van der Waals surface area contributed by atoms with Crippen LogP contribution < -0.4 is 14.4 Å². The van der Waals surface area contributed by atoms with E-state index in [1.54, 1.807) is 13.1 Å². The molecule has 2 aliphatic heterocycles. The minimum atomic E-state index is -3.75. The number of hydrogen-bond donors (Lipinski definition) is 0. The molecule has 0 radical (unpaired) electrons. The maximum absolute atomic E-state index is 13.2. The van der Waals surface area contributed by atoms with Crippen LogP contribution in [0.2, 0.25) is 0 Å². The van der Waals surface area contributed by atoms with Crippen molar-refractivity contribution in [2.75, 3.05) is 44.9 Å². The molecule has 1 saturated heterocycles. The lowest BCUT2D eigenvalue weighted by molar-refractivity contribution is -0.120. The molecule has 0 bridgehead atoms. The van der Waals surface area contributed by atoms with Crippen LogP contribution >= 0.6 is 0 Å². The average Bonchev–Trinajstić information content (AvgIpc) is 2.75. The highest BCUT2D eigenvalue weighted by Crippen LogP contribution is 2.34. The van der Waals surface area contributed by atoms with Gasteiger partial charge in [-0.2, -0.15) is 4.31 Å². The molecular weight excluding hydrogens is 396 g/mol. The van der Waals surface area contributed by atoms with E-state index in [0.29, 0.717) is 17.2 Å². The van der Waals surface area contributed by atoms with E-state index in [1.807, 2.05) is 30.3 Å². The number of rotatable bonds is 5. The van der Waals surface area contributed by atoms with Gasteiger partial charge < -0.3 is 19.1 Å². The number of amides is 1. The van der Waals surface area contributed by atoms with Gasteiger partial charge in [-0.15, -0.1) is 0 Å². The van der Waals surface area contributed by atoms with Crippen molar-refractivity contribution >= 4 is 21.6 Å². The van der Waals surface area contributed by atoms with Crippen molar-refractivity contribution < 1.29 is 27.4 Å². The number of para-hydroxylation sites is 1. The summed E-state index contributed by atoms with van der Waals surface area (Å²) in [5.74, 6) is 0.970. The van der Waals surface area contributed by atoms with Gasteiger partial charge in [-0.1, -0.05) is 18.2 Å². The molecule has 2 aliphatic rings. The SMILES string of the molecule is CN1C(=O)COc2ccc(S(=O)(=O)N3CCO[C@H](COc4ccccc4)C3)cc21. The summed E-state index contributed by atoms with van der Waals surface area (Å²) in [5.41, 5.74) is 0.444. The maximum Gasteiger partial charge on any atom is 0.264 e. The van der Waals surface area contributed by atoms with E-state index in [4.69, 9.17) is 14.2 Å². The Morgan fingerprint density at radius 3 is 2.76 bits per heavy atom. The van der Waals surface area contributed by atoms with Crippen LogP contribution in [-0.2, 0) is 19.6 Å². The highest BCUT2D eigenvalue weighted by Gasteiger charge is 2.33. The van der Waals surface area contributed by atoms with Crippen LogP contribution in [0.25, 0.3) is 0 Å². The normalized spacial score (nSPS) is 20.1. The lowest BCUT2D eigenvalue weighted by Crippen LogP contribution is -2.47. The molecule has 0 unspecified atom stereocenters. The number of likely N-dealkylation sites (N-methyl/N-ethyl adjacent to an activating group) is 1. The van der Waals surface area contributed by atoms with Gasteiger partial charge in [0.1, 0.15) is 24.2 Å². The molecular formula is C20H22N2O6S. The number of sulfonamides is 1. The zero-order valence-electron chi connectivity index (χ0n) is 16.0. The van der Waals surface area contributed by atoms with Gasteiger partial charge in [0.25, 0.3) is 5.91 Å². The first-order chi connectivity index (χ1) is 13.9. The van der Waals surface area contributed by atoms with Gasteiger partial charge in [0.2, 0.25) is 10.0 Å². The summed E-state index contributed by atoms with van der Waals surface area (Å²) in [6, 6.07) is 13.9. The standard InChI is InChI=1S/C20H22N2O6S/c1-21-18-11-17(7-8-19(18)28-14-20(21)23)29(24,25)22-9-10-26-16(12-22)13-27-15-5-3-2-4-6-15/h2-8,11,16H,9-10,12-14H2,1H3/t16-/m0/s1. The number of ether oxygens (including phenoxy) is 3. The van der Waals surface area contributed by atoms with Crippen LogP contribution in [0.3, 0.4) is 0 Å². The molecule has 29 heavy (non-hydrogen) atoms. The fourth-order valence-corrected chi connectivity index (χ4v) is 4.75. The lowest BCUT2D eigenvalue weighted by atomic mass is 10.2. The molecule has 0 aromatic heterocycles. The first-order valence-corrected chi connectivity index (χ1v) is 10.7. The number of benzene rings is 2. The second-order valence-electron chi connectivity index (χ2n) is 6.85. The van der Waals surface area contributed by atoms with Crippen molar-refractivity contribution in [2.24, 2.45) is 0 Å². The van der Waals surface area contributed by atoms with Crippen molar-refractivity contribution in [1.82, 2.24) is 4.31 Å². The lowest BCUT2D eigenvalue weighted by Gasteiger charge is -2.32. The fraction of sp³-hybridized carbons (Fsp3) is 0.350. The van der Waals surface area contributed by atoms with Crippen molar-refractivity contribution in [3.63, 3.8) is 0 Å². The van der Waals surface area contributed by atoms with Crippen molar-refractivity contribution in [2.45, 2.75) is 11.0 Å². The Morgan fingerprint density at radius 2 is 1.97 bits per heavy atom. The molecule has 0 spiro atoms. The number of fused-ring (bicyclic) bond motifs is 1. The number of carbonyl (C=O) groups is 1. The summed E-state index contributed by atoms with van der Waals surface area (Å²) >= 11 is 0. The quantitative estimate of drug-likeness (QED) is 0.732. The zero-order valence-corrected chi connectivity index (χ0v) is 16.8. The van der Waals surface area contributed by atoms with Gasteiger partial charge in [-0.05, 0) is 30.3 Å². The Kier molecular flexibility index (Phi) is 5.44. The summed E-state index contributed by atoms with van der Waals surface area (Å²) in [6.45, 7) is 0.936. The second-order valence-corrected chi connectivity index (χ2v) is 8.79. The Morgan fingerprint density at radius 1 is 1.17 bits per heavy atom. The number of carbonyl (C=O) groups excluding carboxylic acids is 1. The van der Waals surface area contributed by atoms with Crippen molar-refractivity contribution in [3.05, 3.63) is 48.5 Å².